The van der Waals surface area contributed by atoms with E-state index >= 15 is 0 Å². The summed E-state index contributed by atoms with van der Waals surface area (Å²) in [6, 6.07) is 0.587. The van der Waals surface area contributed by atoms with Crippen molar-refractivity contribution >= 4 is 17.7 Å². The Morgan fingerprint density at radius 3 is 3.19 bits per heavy atom. The van der Waals surface area contributed by atoms with Crippen molar-refractivity contribution in [3.8, 4) is 0 Å². The summed E-state index contributed by atoms with van der Waals surface area (Å²) >= 11 is 1.79. The SMILES string of the molecule is CCN1CCCC1CNC(=O)C1CSCN1. The van der Waals surface area contributed by atoms with E-state index in [0.717, 1.165) is 24.7 Å². The van der Waals surface area contributed by atoms with Crippen LogP contribution in [0.5, 0.6) is 0 Å². The molecule has 0 aromatic rings. The van der Waals surface area contributed by atoms with E-state index in [1.54, 1.807) is 11.8 Å². The Kier molecular flexibility index (Phi) is 4.49. The van der Waals surface area contributed by atoms with E-state index in [9.17, 15) is 4.79 Å². The van der Waals surface area contributed by atoms with E-state index in [4.69, 9.17) is 0 Å². The molecule has 4 nitrogen and oxygen atoms in total. The topological polar surface area (TPSA) is 44.4 Å². The number of nitrogens with one attached hydrogen (secondary N) is 2. The minimum absolute atomic E-state index is 0.0291. The molecular formula is C11H21N3OS. The molecule has 2 N–H and O–H groups in total. The zero-order valence-electron chi connectivity index (χ0n) is 9.87. The molecule has 2 unspecified atom stereocenters. The first-order valence-corrected chi connectivity index (χ1v) is 7.29. The Hall–Kier alpha value is -0.260. The lowest BCUT2D eigenvalue weighted by atomic mass is 10.2. The van der Waals surface area contributed by atoms with Crippen LogP contribution >= 0.6 is 11.8 Å². The summed E-state index contributed by atoms with van der Waals surface area (Å²) in [5.74, 6) is 1.99. The first-order chi connectivity index (χ1) is 7.81. The number of nitrogens with zero attached hydrogens (tertiary/aromatic N) is 1. The van der Waals surface area contributed by atoms with Crippen molar-refractivity contribution in [3.05, 3.63) is 0 Å². The fourth-order valence-electron chi connectivity index (χ4n) is 2.45. The lowest BCUT2D eigenvalue weighted by molar-refractivity contribution is -0.122. The van der Waals surface area contributed by atoms with Crippen molar-refractivity contribution in [3.63, 3.8) is 0 Å². The largest absolute Gasteiger partial charge is 0.353 e. The smallest absolute Gasteiger partial charge is 0.238 e. The standard InChI is InChI=1S/C11H21N3OS/c1-2-14-5-3-4-9(14)6-12-11(15)10-7-16-8-13-10/h9-10,13H,2-8H2,1H3,(H,12,15). The van der Waals surface area contributed by atoms with E-state index in [1.165, 1.54) is 19.4 Å². The maximum atomic E-state index is 11.8. The van der Waals surface area contributed by atoms with E-state index in [1.807, 2.05) is 0 Å². The number of thioether (sulfide) groups is 1. The van der Waals surface area contributed by atoms with Crippen molar-refractivity contribution in [2.45, 2.75) is 31.8 Å². The van der Waals surface area contributed by atoms with Gasteiger partial charge in [-0.3, -0.25) is 15.0 Å². The van der Waals surface area contributed by atoms with Gasteiger partial charge in [0.1, 0.15) is 0 Å². The Labute approximate surface area is 102 Å². The third-order valence-electron chi connectivity index (χ3n) is 3.45. The second kappa shape index (κ2) is 5.89. The molecule has 2 fully saturated rings. The average molecular weight is 243 g/mol. The Morgan fingerprint density at radius 2 is 2.50 bits per heavy atom. The van der Waals surface area contributed by atoms with Gasteiger partial charge in [-0.15, -0.1) is 11.8 Å². The third kappa shape index (κ3) is 2.90. The maximum Gasteiger partial charge on any atom is 0.238 e. The van der Waals surface area contributed by atoms with Crippen LogP contribution in [0.4, 0.5) is 0 Å². The van der Waals surface area contributed by atoms with Gasteiger partial charge in [-0.1, -0.05) is 6.92 Å². The molecule has 0 aliphatic carbocycles. The van der Waals surface area contributed by atoms with Gasteiger partial charge in [-0.2, -0.15) is 0 Å². The molecule has 0 bridgehead atoms. The summed E-state index contributed by atoms with van der Waals surface area (Å²) in [4.78, 5) is 14.2. The molecule has 2 saturated heterocycles. The van der Waals surface area contributed by atoms with Crippen LogP contribution in [-0.2, 0) is 4.79 Å². The van der Waals surface area contributed by atoms with Crippen LogP contribution in [0.15, 0.2) is 0 Å². The molecule has 2 rings (SSSR count). The maximum absolute atomic E-state index is 11.8. The van der Waals surface area contributed by atoms with Crippen LogP contribution in [0.25, 0.3) is 0 Å². The number of likely N-dealkylation sites (tertiary alicyclic amines) is 1. The first-order valence-electron chi connectivity index (χ1n) is 6.14. The van der Waals surface area contributed by atoms with Gasteiger partial charge in [-0.25, -0.2) is 0 Å². The zero-order chi connectivity index (χ0) is 11.4. The average Bonchev–Trinajstić information content (AvgIpc) is 2.96. The van der Waals surface area contributed by atoms with Gasteiger partial charge in [0, 0.05) is 24.2 Å². The van der Waals surface area contributed by atoms with Crippen molar-refractivity contribution in [1.29, 1.82) is 0 Å². The molecule has 16 heavy (non-hydrogen) atoms. The molecule has 0 radical (unpaired) electrons. The summed E-state index contributed by atoms with van der Waals surface area (Å²) in [6.07, 6.45) is 2.49. The van der Waals surface area contributed by atoms with Crippen LogP contribution in [-0.4, -0.2) is 54.2 Å². The monoisotopic (exact) mass is 243 g/mol. The molecule has 2 aliphatic heterocycles. The highest BCUT2D eigenvalue weighted by molar-refractivity contribution is 7.99. The molecular weight excluding hydrogens is 222 g/mol. The molecule has 1 amide bonds. The van der Waals surface area contributed by atoms with E-state index in [2.05, 4.69) is 22.5 Å². The summed E-state index contributed by atoms with van der Waals surface area (Å²) < 4.78 is 0. The molecule has 92 valence electrons. The molecule has 2 atom stereocenters. The van der Waals surface area contributed by atoms with Crippen molar-refractivity contribution < 1.29 is 4.79 Å². The van der Waals surface area contributed by atoms with Crippen molar-refractivity contribution in [1.82, 2.24) is 15.5 Å². The van der Waals surface area contributed by atoms with E-state index in [0.29, 0.717) is 6.04 Å². The van der Waals surface area contributed by atoms with Crippen LogP contribution in [0.2, 0.25) is 0 Å². The van der Waals surface area contributed by atoms with Crippen LogP contribution in [0.1, 0.15) is 19.8 Å². The number of hydrogen-bond donors (Lipinski definition) is 2. The molecule has 0 saturated carbocycles. The lowest BCUT2D eigenvalue weighted by Crippen LogP contribution is -2.46. The first kappa shape index (κ1) is 12.2. The number of rotatable bonds is 4. The summed E-state index contributed by atoms with van der Waals surface area (Å²) in [5, 5.41) is 6.27. The Bertz CT molecular complexity index is 243. The Morgan fingerprint density at radius 1 is 1.62 bits per heavy atom. The van der Waals surface area contributed by atoms with Gasteiger partial charge in [0.15, 0.2) is 0 Å². The molecule has 0 aromatic heterocycles. The molecule has 0 spiro atoms. The summed E-state index contributed by atoms with van der Waals surface area (Å²) in [7, 11) is 0. The molecule has 5 heteroatoms. The lowest BCUT2D eigenvalue weighted by Gasteiger charge is -2.23. The number of carbonyl (C=O) groups excluding carboxylic acids is 1. The highest BCUT2D eigenvalue weighted by Crippen LogP contribution is 2.16. The minimum atomic E-state index is 0.0291. The summed E-state index contributed by atoms with van der Waals surface area (Å²) in [5.41, 5.74) is 0. The van der Waals surface area contributed by atoms with Gasteiger partial charge >= 0.3 is 0 Å². The minimum Gasteiger partial charge on any atom is -0.353 e. The number of carbonyl (C=O) groups is 1. The van der Waals surface area contributed by atoms with Gasteiger partial charge in [0.25, 0.3) is 0 Å². The van der Waals surface area contributed by atoms with E-state index < -0.39 is 0 Å². The van der Waals surface area contributed by atoms with Gasteiger partial charge in [-0.05, 0) is 25.9 Å². The predicted octanol–water partition coefficient (Wildman–Crippen LogP) is 0.249. The second-order valence-electron chi connectivity index (χ2n) is 4.44. The fraction of sp³-hybridized carbons (Fsp3) is 0.909. The van der Waals surface area contributed by atoms with Crippen LogP contribution < -0.4 is 10.6 Å². The van der Waals surface area contributed by atoms with Gasteiger partial charge in [0.05, 0.1) is 6.04 Å². The van der Waals surface area contributed by atoms with Crippen molar-refractivity contribution in [2.24, 2.45) is 0 Å². The Balaban J connectivity index is 1.71. The second-order valence-corrected chi connectivity index (χ2v) is 5.47. The quantitative estimate of drug-likeness (QED) is 0.743. The van der Waals surface area contributed by atoms with Crippen molar-refractivity contribution in [2.75, 3.05) is 31.3 Å². The zero-order valence-corrected chi connectivity index (χ0v) is 10.7. The highest BCUT2D eigenvalue weighted by Gasteiger charge is 2.26. The molecule has 0 aromatic carbocycles. The van der Waals surface area contributed by atoms with Gasteiger partial charge < -0.3 is 5.32 Å². The van der Waals surface area contributed by atoms with Crippen LogP contribution in [0, 0.1) is 0 Å². The number of amides is 1. The van der Waals surface area contributed by atoms with Gasteiger partial charge in [0.2, 0.25) is 5.91 Å². The van der Waals surface area contributed by atoms with Crippen LogP contribution in [0.3, 0.4) is 0 Å². The number of hydrogen-bond acceptors (Lipinski definition) is 4. The number of likely N-dealkylation sites (N-methyl/N-ethyl adjacent to an activating group) is 1. The summed E-state index contributed by atoms with van der Waals surface area (Å²) in [6.45, 7) is 5.29. The van der Waals surface area contributed by atoms with E-state index in [-0.39, 0.29) is 11.9 Å². The normalized spacial score (nSPS) is 30.8. The highest BCUT2D eigenvalue weighted by atomic mass is 32.2. The molecule has 2 aliphatic rings. The predicted molar refractivity (Wildman–Crippen MR) is 67.5 cm³/mol. The third-order valence-corrected chi connectivity index (χ3v) is 4.39. The molecule has 2 heterocycles. The fourth-order valence-corrected chi connectivity index (χ4v) is 3.39.